The third-order valence-electron chi connectivity index (χ3n) is 3.50. The molecule has 0 aliphatic rings. The van der Waals surface area contributed by atoms with Crippen LogP contribution in [0.1, 0.15) is 16.1 Å². The predicted molar refractivity (Wildman–Crippen MR) is 84.7 cm³/mol. The fourth-order valence-electron chi connectivity index (χ4n) is 2.32. The average Bonchev–Trinajstić information content (AvgIpc) is 3.03. The molecule has 0 unspecified atom stereocenters. The highest BCUT2D eigenvalue weighted by Crippen LogP contribution is 2.11. The van der Waals surface area contributed by atoms with Crippen molar-refractivity contribution in [1.29, 1.82) is 5.26 Å². The van der Waals surface area contributed by atoms with Gasteiger partial charge in [-0.3, -0.25) is 0 Å². The van der Waals surface area contributed by atoms with Gasteiger partial charge in [-0.05, 0) is 24.1 Å². The van der Waals surface area contributed by atoms with Gasteiger partial charge in [0.25, 0.3) is 0 Å². The second-order valence-corrected chi connectivity index (χ2v) is 5.21. The molecule has 1 atom stereocenters. The van der Waals surface area contributed by atoms with Gasteiger partial charge in [0, 0.05) is 12.4 Å². The van der Waals surface area contributed by atoms with E-state index in [0.717, 1.165) is 5.56 Å². The Morgan fingerprint density at radius 3 is 2.74 bits per heavy atom. The lowest BCUT2D eigenvalue weighted by Gasteiger charge is -2.09. The lowest BCUT2D eigenvalue weighted by molar-refractivity contribution is 0.0462. The van der Waals surface area contributed by atoms with Crippen LogP contribution in [0.3, 0.4) is 0 Å². The zero-order chi connectivity index (χ0) is 16.1. The summed E-state index contributed by atoms with van der Waals surface area (Å²) in [4.78, 5) is 16.3. The summed E-state index contributed by atoms with van der Waals surface area (Å²) >= 11 is 0. The Hall–Kier alpha value is -3.13. The normalized spacial score (nSPS) is 11.8. The molecule has 2 heterocycles. The third-order valence-corrected chi connectivity index (χ3v) is 3.50. The van der Waals surface area contributed by atoms with Gasteiger partial charge in [-0.1, -0.05) is 36.4 Å². The fraction of sp³-hybridized carbons (Fsp3) is 0.167. The van der Waals surface area contributed by atoms with Gasteiger partial charge in [-0.15, -0.1) is 0 Å². The minimum Gasteiger partial charge on any atom is -0.460 e. The smallest absolute Gasteiger partial charge is 0.358 e. The van der Waals surface area contributed by atoms with E-state index in [9.17, 15) is 10.1 Å². The van der Waals surface area contributed by atoms with Crippen molar-refractivity contribution in [3.63, 3.8) is 0 Å². The Labute approximate surface area is 133 Å². The summed E-state index contributed by atoms with van der Waals surface area (Å²) in [5.41, 5.74) is 1.97. The number of benzene rings is 1. The van der Waals surface area contributed by atoms with E-state index >= 15 is 0 Å². The van der Waals surface area contributed by atoms with Gasteiger partial charge in [-0.2, -0.15) is 5.26 Å². The van der Waals surface area contributed by atoms with Crippen LogP contribution >= 0.6 is 0 Å². The topological polar surface area (TPSA) is 67.4 Å². The van der Waals surface area contributed by atoms with Crippen molar-refractivity contribution >= 4 is 11.6 Å². The molecule has 3 rings (SSSR count). The first kappa shape index (κ1) is 14.8. The van der Waals surface area contributed by atoms with E-state index in [4.69, 9.17) is 4.74 Å². The maximum absolute atomic E-state index is 12.1. The van der Waals surface area contributed by atoms with E-state index in [1.807, 2.05) is 54.7 Å². The van der Waals surface area contributed by atoms with Gasteiger partial charge >= 0.3 is 5.97 Å². The van der Waals surface area contributed by atoms with Crippen LogP contribution in [0, 0.1) is 17.2 Å². The lowest BCUT2D eigenvalue weighted by atomic mass is 10.0. The molecule has 0 amide bonds. The van der Waals surface area contributed by atoms with Crippen LogP contribution in [0.15, 0.2) is 60.9 Å². The molecule has 114 valence electrons. The highest BCUT2D eigenvalue weighted by Gasteiger charge is 2.16. The number of ether oxygens (including phenoxy) is 1. The number of imidazole rings is 1. The number of rotatable bonds is 5. The first-order chi connectivity index (χ1) is 11.3. The van der Waals surface area contributed by atoms with Crippen LogP contribution in [0.25, 0.3) is 5.65 Å². The summed E-state index contributed by atoms with van der Waals surface area (Å²) in [7, 11) is 0. The molecule has 5 heteroatoms. The summed E-state index contributed by atoms with van der Waals surface area (Å²) in [5.74, 6) is -0.889. The monoisotopic (exact) mass is 305 g/mol. The van der Waals surface area contributed by atoms with E-state index in [1.165, 1.54) is 0 Å². The molecule has 5 nitrogen and oxygen atoms in total. The Morgan fingerprint density at radius 1 is 1.22 bits per heavy atom. The summed E-state index contributed by atoms with van der Waals surface area (Å²) < 4.78 is 7.00. The Kier molecular flexibility index (Phi) is 4.34. The second-order valence-electron chi connectivity index (χ2n) is 5.21. The minimum absolute atomic E-state index is 0.0537. The van der Waals surface area contributed by atoms with Crippen molar-refractivity contribution in [2.45, 2.75) is 6.42 Å². The van der Waals surface area contributed by atoms with Crippen LogP contribution in [0.5, 0.6) is 0 Å². The molecule has 0 spiro atoms. The molecule has 3 aromatic rings. The molecule has 23 heavy (non-hydrogen) atoms. The quantitative estimate of drug-likeness (QED) is 0.680. The van der Waals surface area contributed by atoms with Crippen molar-refractivity contribution in [3.05, 3.63) is 72.2 Å². The summed E-state index contributed by atoms with van der Waals surface area (Å²) in [6, 6.07) is 17.4. The predicted octanol–water partition coefficient (Wildman–Crippen LogP) is 2.87. The van der Waals surface area contributed by atoms with Crippen molar-refractivity contribution in [2.24, 2.45) is 5.92 Å². The highest BCUT2D eigenvalue weighted by molar-refractivity contribution is 5.87. The van der Waals surface area contributed by atoms with Gasteiger partial charge in [-0.25, -0.2) is 9.78 Å². The van der Waals surface area contributed by atoms with Gasteiger partial charge in [0.15, 0.2) is 5.69 Å². The van der Waals surface area contributed by atoms with E-state index in [0.29, 0.717) is 12.1 Å². The number of aromatic nitrogens is 2. The van der Waals surface area contributed by atoms with Crippen molar-refractivity contribution in [3.8, 4) is 6.07 Å². The SMILES string of the molecule is N#C[C@H](COC(=O)c1cn2ccccc2n1)Cc1ccccc1. The molecule has 1 aromatic carbocycles. The maximum Gasteiger partial charge on any atom is 0.358 e. The first-order valence-electron chi connectivity index (χ1n) is 7.30. The fourth-order valence-corrected chi connectivity index (χ4v) is 2.32. The van der Waals surface area contributed by atoms with Crippen LogP contribution in [-0.4, -0.2) is 22.0 Å². The Balaban J connectivity index is 1.62. The van der Waals surface area contributed by atoms with Crippen LogP contribution in [0.4, 0.5) is 0 Å². The third kappa shape index (κ3) is 3.55. The van der Waals surface area contributed by atoms with E-state index in [-0.39, 0.29) is 18.2 Å². The molecular formula is C18H15N3O2. The van der Waals surface area contributed by atoms with Crippen LogP contribution in [0.2, 0.25) is 0 Å². The minimum atomic E-state index is -0.512. The van der Waals surface area contributed by atoms with Crippen molar-refractivity contribution in [2.75, 3.05) is 6.61 Å². The molecule has 0 aliphatic heterocycles. The van der Waals surface area contributed by atoms with Gasteiger partial charge in [0.2, 0.25) is 0 Å². The number of fused-ring (bicyclic) bond motifs is 1. The largest absolute Gasteiger partial charge is 0.460 e. The van der Waals surface area contributed by atoms with E-state index in [2.05, 4.69) is 11.1 Å². The Morgan fingerprint density at radius 2 is 2.00 bits per heavy atom. The van der Waals surface area contributed by atoms with Crippen LogP contribution < -0.4 is 0 Å². The molecule has 0 bridgehead atoms. The number of carbonyl (C=O) groups is 1. The van der Waals surface area contributed by atoms with Gasteiger partial charge in [0.05, 0.1) is 12.0 Å². The van der Waals surface area contributed by atoms with Crippen molar-refractivity contribution in [1.82, 2.24) is 9.38 Å². The van der Waals surface area contributed by atoms with Gasteiger partial charge in [0.1, 0.15) is 12.3 Å². The number of hydrogen-bond acceptors (Lipinski definition) is 4. The molecule has 0 radical (unpaired) electrons. The summed E-state index contributed by atoms with van der Waals surface area (Å²) in [5, 5.41) is 9.22. The van der Waals surface area contributed by atoms with E-state index in [1.54, 1.807) is 10.6 Å². The average molecular weight is 305 g/mol. The summed E-state index contributed by atoms with van der Waals surface area (Å²) in [6.45, 7) is 0.0537. The number of carbonyl (C=O) groups excluding carboxylic acids is 1. The maximum atomic E-state index is 12.1. The second kappa shape index (κ2) is 6.75. The number of hydrogen-bond donors (Lipinski definition) is 0. The zero-order valence-corrected chi connectivity index (χ0v) is 12.4. The number of pyridine rings is 1. The molecule has 0 aliphatic carbocycles. The molecule has 0 saturated carbocycles. The standard InChI is InChI=1S/C18H15N3O2/c19-11-15(10-14-6-2-1-3-7-14)13-23-18(22)16-12-21-9-5-4-8-17(21)20-16/h1-9,12,15H,10,13H2/t15-/m1/s1. The molecule has 0 N–H and O–H groups in total. The molecule has 0 saturated heterocycles. The molecular weight excluding hydrogens is 290 g/mol. The Bertz CT molecular complexity index is 816. The van der Waals surface area contributed by atoms with E-state index < -0.39 is 5.97 Å². The van der Waals surface area contributed by atoms with Crippen LogP contribution in [-0.2, 0) is 11.2 Å². The van der Waals surface area contributed by atoms with Crippen molar-refractivity contribution < 1.29 is 9.53 Å². The lowest BCUT2D eigenvalue weighted by Crippen LogP contribution is -2.15. The number of nitriles is 1. The zero-order valence-electron chi connectivity index (χ0n) is 12.4. The first-order valence-corrected chi connectivity index (χ1v) is 7.30. The number of nitrogens with zero attached hydrogens (tertiary/aromatic N) is 3. The highest BCUT2D eigenvalue weighted by atomic mass is 16.5. The molecule has 2 aromatic heterocycles. The number of esters is 1. The van der Waals surface area contributed by atoms with Gasteiger partial charge < -0.3 is 9.14 Å². The summed E-state index contributed by atoms with van der Waals surface area (Å²) in [6.07, 6.45) is 3.98. The molecule has 0 fully saturated rings.